The number of ether oxygens (including phenoxy) is 4. The third-order valence-corrected chi connectivity index (χ3v) is 5.78. The summed E-state index contributed by atoms with van der Waals surface area (Å²) < 4.78 is 22.5. The van der Waals surface area contributed by atoms with Crippen LogP contribution >= 0.6 is 15.9 Å². The molecule has 7 nitrogen and oxygen atoms in total. The van der Waals surface area contributed by atoms with Crippen LogP contribution in [0.25, 0.3) is 0 Å². The molecule has 3 aromatic rings. The van der Waals surface area contributed by atoms with Crippen LogP contribution in [0.4, 0.5) is 0 Å². The Kier molecular flexibility index (Phi) is 6.52. The fraction of sp³-hybridized carbons (Fsp3) is 0.120. The second-order valence-corrected chi connectivity index (χ2v) is 7.94. The maximum atomic E-state index is 12.3. The largest absolute Gasteiger partial charge is 0.497 e. The zero-order chi connectivity index (χ0) is 23.4. The van der Waals surface area contributed by atoms with Crippen LogP contribution in [0, 0.1) is 11.3 Å². The van der Waals surface area contributed by atoms with Crippen molar-refractivity contribution >= 4 is 21.9 Å². The van der Waals surface area contributed by atoms with Crippen LogP contribution in [-0.4, -0.2) is 19.7 Å². The molecule has 0 saturated carbocycles. The number of hydrogen-bond donors (Lipinski definition) is 1. The van der Waals surface area contributed by atoms with Gasteiger partial charge in [0.1, 0.15) is 34.6 Å². The van der Waals surface area contributed by atoms with E-state index in [9.17, 15) is 10.1 Å². The predicted molar refractivity (Wildman–Crippen MR) is 124 cm³/mol. The summed E-state index contributed by atoms with van der Waals surface area (Å²) in [5, 5.41) is 9.69. The van der Waals surface area contributed by atoms with Crippen LogP contribution in [0.1, 0.15) is 17.0 Å². The summed E-state index contributed by atoms with van der Waals surface area (Å²) in [7, 11) is 1.57. The van der Waals surface area contributed by atoms with Gasteiger partial charge in [-0.05, 0) is 42.0 Å². The van der Waals surface area contributed by atoms with Gasteiger partial charge in [0.15, 0.2) is 6.61 Å². The fourth-order valence-electron chi connectivity index (χ4n) is 3.50. The summed E-state index contributed by atoms with van der Waals surface area (Å²) in [5.41, 5.74) is 7.97. The molecule has 8 heteroatoms. The van der Waals surface area contributed by atoms with Crippen LogP contribution in [-0.2, 0) is 4.79 Å². The summed E-state index contributed by atoms with van der Waals surface area (Å²) in [5.74, 6) is 0.900. The van der Waals surface area contributed by atoms with Gasteiger partial charge in [0.25, 0.3) is 0 Å². The van der Waals surface area contributed by atoms with E-state index in [0.717, 1.165) is 15.6 Å². The number of allylic oxidation sites excluding steroid dienone is 1. The molecule has 1 aliphatic rings. The molecule has 1 heterocycles. The minimum absolute atomic E-state index is 0.0112. The van der Waals surface area contributed by atoms with Crippen molar-refractivity contribution in [2.45, 2.75) is 5.92 Å². The summed E-state index contributed by atoms with van der Waals surface area (Å²) in [6.45, 7) is -0.273. The van der Waals surface area contributed by atoms with E-state index in [1.54, 1.807) is 49.6 Å². The molecule has 2 N–H and O–H groups in total. The number of halogens is 1. The minimum Gasteiger partial charge on any atom is -0.497 e. The highest BCUT2D eigenvalue weighted by molar-refractivity contribution is 9.10. The van der Waals surface area contributed by atoms with E-state index in [4.69, 9.17) is 24.7 Å². The van der Waals surface area contributed by atoms with Gasteiger partial charge in [0.2, 0.25) is 5.88 Å². The lowest BCUT2D eigenvalue weighted by Gasteiger charge is -2.27. The van der Waals surface area contributed by atoms with Crippen LogP contribution < -0.4 is 24.7 Å². The first-order valence-electron chi connectivity index (χ1n) is 9.93. The van der Waals surface area contributed by atoms with Gasteiger partial charge in [-0.3, -0.25) is 0 Å². The second kappa shape index (κ2) is 9.67. The molecule has 0 amide bonds. The number of benzene rings is 3. The third kappa shape index (κ3) is 4.78. The van der Waals surface area contributed by atoms with Gasteiger partial charge in [0.05, 0.1) is 13.0 Å². The number of carbonyl (C=O) groups is 1. The van der Waals surface area contributed by atoms with Gasteiger partial charge >= 0.3 is 5.97 Å². The monoisotopic (exact) mass is 506 g/mol. The van der Waals surface area contributed by atoms with Crippen molar-refractivity contribution in [3.8, 4) is 29.1 Å². The topological polar surface area (TPSA) is 104 Å². The molecule has 166 valence electrons. The van der Waals surface area contributed by atoms with Crippen molar-refractivity contribution in [2.24, 2.45) is 5.73 Å². The zero-order valence-corrected chi connectivity index (χ0v) is 19.2. The average molecular weight is 507 g/mol. The first-order chi connectivity index (χ1) is 16.0. The van der Waals surface area contributed by atoms with E-state index in [0.29, 0.717) is 22.8 Å². The molecule has 0 fully saturated rings. The van der Waals surface area contributed by atoms with Gasteiger partial charge < -0.3 is 24.7 Å². The molecule has 0 spiro atoms. The number of rotatable bonds is 6. The van der Waals surface area contributed by atoms with Crippen LogP contribution in [0.3, 0.4) is 0 Å². The number of hydrogen-bond acceptors (Lipinski definition) is 7. The predicted octanol–water partition coefficient (Wildman–Crippen LogP) is 4.66. The Morgan fingerprint density at radius 1 is 1.06 bits per heavy atom. The van der Waals surface area contributed by atoms with Crippen molar-refractivity contribution in [1.82, 2.24) is 0 Å². The Balaban J connectivity index is 1.52. The van der Waals surface area contributed by atoms with Crippen molar-refractivity contribution in [1.29, 1.82) is 5.26 Å². The quantitative estimate of drug-likeness (QED) is 0.382. The van der Waals surface area contributed by atoms with Crippen molar-refractivity contribution in [3.63, 3.8) is 0 Å². The van der Waals surface area contributed by atoms with Gasteiger partial charge in [0, 0.05) is 16.1 Å². The molecule has 3 aromatic carbocycles. The zero-order valence-electron chi connectivity index (χ0n) is 17.6. The molecule has 0 aromatic heterocycles. The van der Waals surface area contributed by atoms with E-state index < -0.39 is 11.9 Å². The summed E-state index contributed by atoms with van der Waals surface area (Å²) in [6.07, 6.45) is 0. The molecular weight excluding hydrogens is 488 g/mol. The van der Waals surface area contributed by atoms with Crippen LogP contribution in [0.15, 0.2) is 82.7 Å². The molecule has 1 atom stereocenters. The lowest BCUT2D eigenvalue weighted by Crippen LogP contribution is -2.22. The summed E-state index contributed by atoms with van der Waals surface area (Å²) >= 11 is 3.55. The lowest BCUT2D eigenvalue weighted by molar-refractivity contribution is -0.136. The van der Waals surface area contributed by atoms with Crippen molar-refractivity contribution in [2.75, 3.05) is 13.7 Å². The van der Waals surface area contributed by atoms with Gasteiger partial charge in [-0.15, -0.1) is 0 Å². The highest BCUT2D eigenvalue weighted by Gasteiger charge is 2.32. The number of carbonyl (C=O) groups excluding carboxylic acids is 1. The smallest absolute Gasteiger partial charge is 0.349 e. The third-order valence-electron chi connectivity index (χ3n) is 5.05. The Bertz CT molecular complexity index is 1260. The van der Waals surface area contributed by atoms with E-state index in [1.807, 2.05) is 24.3 Å². The number of nitrogens with zero attached hydrogens (tertiary/aromatic N) is 1. The highest BCUT2D eigenvalue weighted by atomic mass is 79.9. The minimum atomic E-state index is -0.579. The van der Waals surface area contributed by atoms with E-state index in [1.165, 1.54) is 0 Å². The molecular formula is C25H19BrN2O5. The molecule has 33 heavy (non-hydrogen) atoms. The SMILES string of the molecule is COc1ccc(OCC(=O)Oc2ccc3c(c2)OC(N)=C(C#N)C3c2ccccc2Br)cc1. The Labute approximate surface area is 199 Å². The number of esters is 1. The lowest BCUT2D eigenvalue weighted by atomic mass is 9.83. The molecule has 0 aliphatic carbocycles. The normalized spacial score (nSPS) is 14.5. The number of nitriles is 1. The highest BCUT2D eigenvalue weighted by Crippen LogP contribution is 2.45. The summed E-state index contributed by atoms with van der Waals surface area (Å²) in [4.78, 5) is 12.3. The molecule has 0 saturated heterocycles. The molecule has 0 bridgehead atoms. The van der Waals surface area contributed by atoms with Gasteiger partial charge in [-0.1, -0.05) is 40.2 Å². The fourth-order valence-corrected chi connectivity index (χ4v) is 4.02. The molecule has 1 unspecified atom stereocenters. The molecule has 1 aliphatic heterocycles. The number of fused-ring (bicyclic) bond motifs is 1. The first kappa shape index (κ1) is 22.2. The molecule has 4 rings (SSSR count). The van der Waals surface area contributed by atoms with Crippen molar-refractivity contribution in [3.05, 3.63) is 93.8 Å². The Hall–Kier alpha value is -3.96. The van der Waals surface area contributed by atoms with E-state index in [-0.39, 0.29) is 18.2 Å². The van der Waals surface area contributed by atoms with E-state index >= 15 is 0 Å². The number of nitrogens with two attached hydrogens (primary N) is 1. The maximum Gasteiger partial charge on any atom is 0.349 e. The van der Waals surface area contributed by atoms with Crippen LogP contribution in [0.2, 0.25) is 0 Å². The second-order valence-electron chi connectivity index (χ2n) is 7.08. The van der Waals surface area contributed by atoms with Gasteiger partial charge in [-0.2, -0.15) is 5.26 Å². The summed E-state index contributed by atoms with van der Waals surface area (Å²) in [6, 6.07) is 21.6. The Morgan fingerprint density at radius 2 is 1.76 bits per heavy atom. The van der Waals surface area contributed by atoms with Crippen molar-refractivity contribution < 1.29 is 23.7 Å². The maximum absolute atomic E-state index is 12.3. The Morgan fingerprint density at radius 3 is 2.45 bits per heavy atom. The molecule has 0 radical (unpaired) electrons. The van der Waals surface area contributed by atoms with E-state index in [2.05, 4.69) is 22.0 Å². The number of methoxy groups -OCH3 is 1. The van der Waals surface area contributed by atoms with Crippen LogP contribution in [0.5, 0.6) is 23.0 Å². The average Bonchev–Trinajstić information content (AvgIpc) is 2.82. The first-order valence-corrected chi connectivity index (χ1v) is 10.7. The van der Waals surface area contributed by atoms with Gasteiger partial charge in [-0.25, -0.2) is 4.79 Å². The standard InChI is InChI=1S/C25H19BrN2O5/c1-30-15-6-8-16(9-7-15)31-14-23(29)32-17-10-11-19-22(12-17)33-25(28)20(13-27)24(19)18-4-2-3-5-21(18)26/h2-12,24H,14,28H2,1H3.